The molecule has 0 atom stereocenters. The molecule has 27 heavy (non-hydrogen) atoms. The molecule has 1 heterocycles. The minimum atomic E-state index is -0.500. The molecular formula is C21H26N2O4. The predicted molar refractivity (Wildman–Crippen MR) is 104 cm³/mol. The van der Waals surface area contributed by atoms with Crippen LogP contribution in [0.15, 0.2) is 36.5 Å². The van der Waals surface area contributed by atoms with Crippen molar-refractivity contribution in [3.05, 3.63) is 42.2 Å². The number of hydrogen-bond acceptors (Lipinski definition) is 5. The van der Waals surface area contributed by atoms with Crippen molar-refractivity contribution < 1.29 is 19.4 Å². The van der Waals surface area contributed by atoms with Gasteiger partial charge in [0, 0.05) is 18.0 Å². The van der Waals surface area contributed by atoms with Gasteiger partial charge in [-0.05, 0) is 49.9 Å². The summed E-state index contributed by atoms with van der Waals surface area (Å²) in [4.78, 5) is 16.3. The van der Waals surface area contributed by atoms with Gasteiger partial charge in [0.05, 0.1) is 13.2 Å². The molecule has 0 saturated heterocycles. The van der Waals surface area contributed by atoms with Gasteiger partial charge in [0.2, 0.25) is 0 Å². The molecule has 1 fully saturated rings. The predicted octanol–water partition coefficient (Wildman–Crippen LogP) is 4.54. The van der Waals surface area contributed by atoms with Crippen molar-refractivity contribution in [2.75, 3.05) is 12.4 Å². The molecule has 2 N–H and O–H groups in total. The number of nitrogens with one attached hydrogen (secondary N) is 1. The van der Waals surface area contributed by atoms with Crippen molar-refractivity contribution in [1.29, 1.82) is 0 Å². The quantitative estimate of drug-likeness (QED) is 0.808. The molecule has 1 aliphatic carbocycles. The number of carbonyl (C=O) groups excluding carboxylic acids is 1. The summed E-state index contributed by atoms with van der Waals surface area (Å²) in [6.45, 7) is 0. The Bertz CT molecular complexity index is 753. The van der Waals surface area contributed by atoms with E-state index in [0.29, 0.717) is 5.69 Å². The summed E-state index contributed by atoms with van der Waals surface area (Å²) in [6, 6.07) is 8.77. The van der Waals surface area contributed by atoms with E-state index in [9.17, 15) is 9.90 Å². The van der Waals surface area contributed by atoms with Crippen molar-refractivity contribution in [1.82, 2.24) is 4.98 Å². The van der Waals surface area contributed by atoms with Crippen LogP contribution in [0.25, 0.3) is 0 Å². The normalized spacial score (nSPS) is 15.4. The highest BCUT2D eigenvalue weighted by molar-refractivity contribution is 6.05. The Kier molecular flexibility index (Phi) is 6.52. The summed E-state index contributed by atoms with van der Waals surface area (Å²) in [6.07, 6.45) is 10.2. The minimum absolute atomic E-state index is 0.0794. The first-order chi connectivity index (χ1) is 13.2. The Morgan fingerprint density at radius 3 is 2.41 bits per heavy atom. The highest BCUT2D eigenvalue weighted by Gasteiger charge is 2.17. The number of pyridine rings is 1. The SMILES string of the molecule is COc1ccnc(C(=O)Nc2ccc(OC3CCCCCCC3)cc2)c1O. The topological polar surface area (TPSA) is 80.7 Å². The number of carbonyl (C=O) groups is 1. The summed E-state index contributed by atoms with van der Waals surface area (Å²) in [7, 11) is 1.42. The molecular weight excluding hydrogens is 344 g/mol. The average molecular weight is 370 g/mol. The van der Waals surface area contributed by atoms with Gasteiger partial charge in [0.25, 0.3) is 5.91 Å². The largest absolute Gasteiger partial charge is 0.503 e. The Morgan fingerprint density at radius 2 is 1.74 bits per heavy atom. The molecule has 0 aliphatic heterocycles. The fourth-order valence-electron chi connectivity index (χ4n) is 3.30. The highest BCUT2D eigenvalue weighted by Crippen LogP contribution is 2.28. The molecule has 0 unspecified atom stereocenters. The second-order valence-corrected chi connectivity index (χ2v) is 6.77. The summed E-state index contributed by atoms with van der Waals surface area (Å²) in [5.41, 5.74) is 0.526. The number of aromatic nitrogens is 1. The second kappa shape index (κ2) is 9.26. The maximum Gasteiger partial charge on any atom is 0.278 e. The molecule has 6 heteroatoms. The third kappa shape index (κ3) is 5.12. The zero-order valence-corrected chi connectivity index (χ0v) is 15.6. The monoisotopic (exact) mass is 370 g/mol. The van der Waals surface area contributed by atoms with E-state index in [4.69, 9.17) is 9.47 Å². The van der Waals surface area contributed by atoms with E-state index in [-0.39, 0.29) is 23.3 Å². The lowest BCUT2D eigenvalue weighted by Gasteiger charge is -2.21. The maximum atomic E-state index is 12.4. The fourth-order valence-corrected chi connectivity index (χ4v) is 3.30. The van der Waals surface area contributed by atoms with Crippen LogP contribution in [0.5, 0.6) is 17.2 Å². The van der Waals surface area contributed by atoms with Gasteiger partial charge in [-0.1, -0.05) is 19.3 Å². The molecule has 3 rings (SSSR count). The third-order valence-electron chi connectivity index (χ3n) is 4.79. The smallest absolute Gasteiger partial charge is 0.278 e. The number of amides is 1. The summed E-state index contributed by atoms with van der Waals surface area (Å²) in [5, 5.41) is 12.8. The molecule has 2 aromatic rings. The van der Waals surface area contributed by atoms with Gasteiger partial charge in [0.15, 0.2) is 17.2 Å². The lowest BCUT2D eigenvalue weighted by atomic mass is 9.98. The zero-order chi connectivity index (χ0) is 19.1. The molecule has 0 spiro atoms. The highest BCUT2D eigenvalue weighted by atomic mass is 16.5. The molecule has 6 nitrogen and oxygen atoms in total. The van der Waals surface area contributed by atoms with Crippen LogP contribution in [0.2, 0.25) is 0 Å². The molecule has 1 aliphatic rings. The lowest BCUT2D eigenvalue weighted by Crippen LogP contribution is -2.18. The number of hydrogen-bond donors (Lipinski definition) is 2. The number of nitrogens with zero attached hydrogens (tertiary/aromatic N) is 1. The fraction of sp³-hybridized carbons (Fsp3) is 0.429. The first-order valence-corrected chi connectivity index (χ1v) is 9.47. The zero-order valence-electron chi connectivity index (χ0n) is 15.6. The second-order valence-electron chi connectivity index (χ2n) is 6.77. The van der Waals surface area contributed by atoms with Gasteiger partial charge in [-0.3, -0.25) is 4.79 Å². The van der Waals surface area contributed by atoms with Crippen LogP contribution >= 0.6 is 0 Å². The number of benzene rings is 1. The Labute approximate surface area is 159 Å². The molecule has 0 bridgehead atoms. The van der Waals surface area contributed by atoms with Crippen LogP contribution in [0.1, 0.15) is 55.4 Å². The van der Waals surface area contributed by atoms with Crippen molar-refractivity contribution in [2.45, 2.75) is 51.0 Å². The molecule has 1 aromatic carbocycles. The van der Waals surface area contributed by atoms with E-state index >= 15 is 0 Å². The van der Waals surface area contributed by atoms with Crippen LogP contribution in [-0.4, -0.2) is 29.2 Å². The molecule has 1 saturated carbocycles. The van der Waals surface area contributed by atoms with Crippen LogP contribution < -0.4 is 14.8 Å². The van der Waals surface area contributed by atoms with Crippen molar-refractivity contribution in [3.63, 3.8) is 0 Å². The molecule has 144 valence electrons. The maximum absolute atomic E-state index is 12.4. The van der Waals surface area contributed by atoms with Gasteiger partial charge < -0.3 is 19.9 Å². The first kappa shape index (κ1) is 19.0. The number of anilines is 1. The molecule has 0 radical (unpaired) electrons. The van der Waals surface area contributed by atoms with E-state index in [0.717, 1.165) is 18.6 Å². The third-order valence-corrected chi connectivity index (χ3v) is 4.79. The van der Waals surface area contributed by atoms with E-state index in [1.165, 1.54) is 51.5 Å². The lowest BCUT2D eigenvalue weighted by molar-refractivity contribution is 0.101. The van der Waals surface area contributed by atoms with Gasteiger partial charge in [-0.25, -0.2) is 4.98 Å². The summed E-state index contributed by atoms with van der Waals surface area (Å²) in [5.74, 6) is 0.237. The minimum Gasteiger partial charge on any atom is -0.503 e. The van der Waals surface area contributed by atoms with Crippen LogP contribution in [0.4, 0.5) is 5.69 Å². The first-order valence-electron chi connectivity index (χ1n) is 9.47. The number of ether oxygens (including phenoxy) is 2. The Morgan fingerprint density at radius 1 is 1.07 bits per heavy atom. The van der Waals surface area contributed by atoms with E-state index in [1.54, 1.807) is 12.1 Å². The van der Waals surface area contributed by atoms with Crippen molar-refractivity contribution in [3.8, 4) is 17.2 Å². The standard InChI is InChI=1S/C21H26N2O4/c1-26-18-13-14-22-19(20(18)24)21(25)23-15-9-11-17(12-10-15)27-16-7-5-3-2-4-6-8-16/h9-14,16,24H,2-8H2,1H3,(H,23,25). The van der Waals surface area contributed by atoms with Gasteiger partial charge in [-0.15, -0.1) is 0 Å². The Balaban J connectivity index is 1.61. The summed E-state index contributed by atoms with van der Waals surface area (Å²) < 4.78 is 11.1. The Hall–Kier alpha value is -2.76. The van der Waals surface area contributed by atoms with Crippen LogP contribution in [0.3, 0.4) is 0 Å². The molecule has 1 amide bonds. The number of methoxy groups -OCH3 is 1. The van der Waals surface area contributed by atoms with Crippen molar-refractivity contribution in [2.24, 2.45) is 0 Å². The van der Waals surface area contributed by atoms with E-state index in [1.807, 2.05) is 12.1 Å². The van der Waals surface area contributed by atoms with E-state index < -0.39 is 5.91 Å². The van der Waals surface area contributed by atoms with Gasteiger partial charge in [-0.2, -0.15) is 0 Å². The van der Waals surface area contributed by atoms with Gasteiger partial charge >= 0.3 is 0 Å². The summed E-state index contributed by atoms with van der Waals surface area (Å²) >= 11 is 0. The molecule has 1 aromatic heterocycles. The number of aromatic hydroxyl groups is 1. The van der Waals surface area contributed by atoms with E-state index in [2.05, 4.69) is 10.3 Å². The average Bonchev–Trinajstić information content (AvgIpc) is 2.65. The van der Waals surface area contributed by atoms with Crippen molar-refractivity contribution >= 4 is 11.6 Å². The number of rotatable bonds is 5. The van der Waals surface area contributed by atoms with Gasteiger partial charge in [0.1, 0.15) is 5.75 Å². The van der Waals surface area contributed by atoms with Crippen LogP contribution in [-0.2, 0) is 0 Å². The van der Waals surface area contributed by atoms with Crippen LogP contribution in [0, 0.1) is 0 Å².